The maximum atomic E-state index is 10.9. The van der Waals surface area contributed by atoms with E-state index in [1.54, 1.807) is 20.8 Å². The number of methoxy groups -OCH3 is 1. The average Bonchev–Trinajstić information content (AvgIpc) is 2.02. The van der Waals surface area contributed by atoms with Crippen LogP contribution in [0.1, 0.15) is 20.8 Å². The first-order valence-corrected chi connectivity index (χ1v) is 4.47. The van der Waals surface area contributed by atoms with Crippen molar-refractivity contribution in [2.45, 2.75) is 26.8 Å². The predicted octanol–water partition coefficient (Wildman–Crippen LogP) is 1.09. The fourth-order valence-corrected chi connectivity index (χ4v) is 1.41. The largest absolute Gasteiger partial charge is 0.481 e. The molecular weight excluding hydrogens is 186 g/mol. The summed E-state index contributed by atoms with van der Waals surface area (Å²) in [5, 5.41) is 11.4. The van der Waals surface area contributed by atoms with Crippen molar-refractivity contribution < 1.29 is 19.4 Å². The third-order valence-corrected chi connectivity index (χ3v) is 2.07. The molecule has 0 saturated heterocycles. The normalized spacial score (nSPS) is 14.6. The van der Waals surface area contributed by atoms with Gasteiger partial charge < -0.3 is 15.2 Å². The van der Waals surface area contributed by atoms with Gasteiger partial charge in [-0.15, -0.1) is 0 Å². The quantitative estimate of drug-likeness (QED) is 0.717. The molecule has 1 amide bonds. The van der Waals surface area contributed by atoms with E-state index in [1.165, 1.54) is 7.11 Å². The van der Waals surface area contributed by atoms with E-state index in [2.05, 4.69) is 10.1 Å². The lowest BCUT2D eigenvalue weighted by molar-refractivity contribution is -0.144. The van der Waals surface area contributed by atoms with E-state index < -0.39 is 24.0 Å². The molecule has 2 atom stereocenters. The standard InChI is InChI=1S/C9H17NO4/c1-5(2)7(8(11)12)6(3)10-9(13)14-4/h5-7H,1-4H3,(H,10,13)(H,11,12). The summed E-state index contributed by atoms with van der Waals surface area (Å²) in [6.45, 7) is 5.25. The summed E-state index contributed by atoms with van der Waals surface area (Å²) < 4.78 is 4.39. The Labute approximate surface area is 83.4 Å². The zero-order valence-electron chi connectivity index (χ0n) is 8.90. The second-order valence-electron chi connectivity index (χ2n) is 3.53. The van der Waals surface area contributed by atoms with Gasteiger partial charge >= 0.3 is 12.1 Å². The summed E-state index contributed by atoms with van der Waals surface area (Å²) in [7, 11) is 1.24. The number of rotatable bonds is 4. The molecule has 0 saturated carbocycles. The zero-order valence-corrected chi connectivity index (χ0v) is 8.90. The number of carboxylic acids is 1. The number of ether oxygens (including phenoxy) is 1. The molecule has 0 aromatic carbocycles. The van der Waals surface area contributed by atoms with Gasteiger partial charge in [-0.25, -0.2) is 4.79 Å². The predicted molar refractivity (Wildman–Crippen MR) is 51.0 cm³/mol. The fraction of sp³-hybridized carbons (Fsp3) is 0.778. The van der Waals surface area contributed by atoms with Crippen LogP contribution in [0.3, 0.4) is 0 Å². The van der Waals surface area contributed by atoms with Crippen molar-refractivity contribution in [1.82, 2.24) is 5.32 Å². The first-order valence-electron chi connectivity index (χ1n) is 4.47. The lowest BCUT2D eigenvalue weighted by Crippen LogP contribution is -2.43. The van der Waals surface area contributed by atoms with Gasteiger partial charge in [-0.05, 0) is 12.8 Å². The Kier molecular flexibility index (Phi) is 4.97. The van der Waals surface area contributed by atoms with E-state index in [4.69, 9.17) is 5.11 Å². The minimum absolute atomic E-state index is 0.0420. The zero-order chi connectivity index (χ0) is 11.3. The van der Waals surface area contributed by atoms with Crippen LogP contribution in [0, 0.1) is 11.8 Å². The molecule has 0 spiro atoms. The van der Waals surface area contributed by atoms with Gasteiger partial charge in [0, 0.05) is 6.04 Å². The smallest absolute Gasteiger partial charge is 0.407 e. The molecule has 14 heavy (non-hydrogen) atoms. The summed E-state index contributed by atoms with van der Waals surface area (Å²) in [4.78, 5) is 21.7. The lowest BCUT2D eigenvalue weighted by Gasteiger charge is -2.23. The average molecular weight is 203 g/mol. The van der Waals surface area contributed by atoms with Gasteiger partial charge in [-0.1, -0.05) is 13.8 Å². The van der Waals surface area contributed by atoms with Gasteiger partial charge in [0.2, 0.25) is 0 Å². The minimum Gasteiger partial charge on any atom is -0.481 e. The van der Waals surface area contributed by atoms with Crippen LogP contribution >= 0.6 is 0 Å². The number of aliphatic carboxylic acids is 1. The number of nitrogens with one attached hydrogen (secondary N) is 1. The molecule has 2 N–H and O–H groups in total. The molecule has 5 heteroatoms. The minimum atomic E-state index is -0.913. The van der Waals surface area contributed by atoms with Gasteiger partial charge in [0.1, 0.15) is 0 Å². The molecule has 5 nitrogen and oxygen atoms in total. The number of carbonyl (C=O) groups is 2. The molecule has 0 bridgehead atoms. The number of carbonyl (C=O) groups excluding carboxylic acids is 1. The number of hydrogen-bond donors (Lipinski definition) is 2. The van der Waals surface area contributed by atoms with Crippen LogP contribution in [0.5, 0.6) is 0 Å². The molecule has 0 aliphatic heterocycles. The van der Waals surface area contributed by atoms with Gasteiger partial charge in [-0.3, -0.25) is 4.79 Å². The van der Waals surface area contributed by atoms with E-state index in [9.17, 15) is 9.59 Å². The number of hydrogen-bond acceptors (Lipinski definition) is 3. The summed E-state index contributed by atoms with van der Waals surface area (Å²) in [6.07, 6.45) is -0.607. The third kappa shape index (κ3) is 3.64. The highest BCUT2D eigenvalue weighted by atomic mass is 16.5. The van der Waals surface area contributed by atoms with Crippen LogP contribution < -0.4 is 5.32 Å². The van der Waals surface area contributed by atoms with E-state index in [0.717, 1.165) is 0 Å². The Morgan fingerprint density at radius 3 is 2.07 bits per heavy atom. The topological polar surface area (TPSA) is 75.6 Å². The first kappa shape index (κ1) is 12.7. The van der Waals surface area contributed by atoms with Gasteiger partial charge in [0.05, 0.1) is 13.0 Å². The third-order valence-electron chi connectivity index (χ3n) is 2.07. The molecule has 0 aromatic heterocycles. The molecule has 0 radical (unpaired) electrons. The second kappa shape index (κ2) is 5.47. The van der Waals surface area contributed by atoms with Crippen molar-refractivity contribution in [3.8, 4) is 0 Å². The SMILES string of the molecule is COC(=O)NC(C)C(C(=O)O)C(C)C. The van der Waals surface area contributed by atoms with Crippen LogP contribution in [0.25, 0.3) is 0 Å². The number of amides is 1. The molecule has 0 aromatic rings. The molecular formula is C9H17NO4. The Hall–Kier alpha value is -1.26. The highest BCUT2D eigenvalue weighted by Gasteiger charge is 2.28. The summed E-state index contributed by atoms with van der Waals surface area (Å²) in [5.74, 6) is -1.56. The Balaban J connectivity index is 4.37. The van der Waals surface area contributed by atoms with Gasteiger partial charge in [0.25, 0.3) is 0 Å². The molecule has 0 heterocycles. The van der Waals surface area contributed by atoms with Crippen molar-refractivity contribution in [3.05, 3.63) is 0 Å². The molecule has 0 aliphatic rings. The van der Waals surface area contributed by atoms with Crippen molar-refractivity contribution >= 4 is 12.1 Å². The van der Waals surface area contributed by atoms with Crippen molar-refractivity contribution in [1.29, 1.82) is 0 Å². The molecule has 82 valence electrons. The maximum absolute atomic E-state index is 10.9. The lowest BCUT2D eigenvalue weighted by atomic mass is 9.89. The molecule has 0 aliphatic carbocycles. The van der Waals surface area contributed by atoms with Crippen LogP contribution in [-0.2, 0) is 9.53 Å². The Bertz CT molecular complexity index is 215. The molecule has 2 unspecified atom stereocenters. The fourth-order valence-electron chi connectivity index (χ4n) is 1.41. The Morgan fingerprint density at radius 2 is 1.79 bits per heavy atom. The number of alkyl carbamates (subject to hydrolysis) is 1. The van der Waals surface area contributed by atoms with Crippen LogP contribution in [-0.4, -0.2) is 30.3 Å². The molecule has 0 fully saturated rings. The number of carboxylic acid groups (broad SMARTS) is 1. The van der Waals surface area contributed by atoms with E-state index >= 15 is 0 Å². The monoisotopic (exact) mass is 203 g/mol. The molecule has 0 rings (SSSR count). The van der Waals surface area contributed by atoms with Gasteiger partial charge in [0.15, 0.2) is 0 Å². The van der Waals surface area contributed by atoms with Crippen LogP contribution in [0.15, 0.2) is 0 Å². The Morgan fingerprint density at radius 1 is 1.29 bits per heavy atom. The highest BCUT2D eigenvalue weighted by Crippen LogP contribution is 2.15. The van der Waals surface area contributed by atoms with Crippen molar-refractivity contribution in [2.75, 3.05) is 7.11 Å². The summed E-state index contributed by atoms with van der Waals surface area (Å²) in [5.41, 5.74) is 0. The first-order chi connectivity index (χ1) is 6.40. The van der Waals surface area contributed by atoms with E-state index in [0.29, 0.717) is 0 Å². The van der Waals surface area contributed by atoms with Crippen molar-refractivity contribution in [3.63, 3.8) is 0 Å². The summed E-state index contributed by atoms with van der Waals surface area (Å²) >= 11 is 0. The summed E-state index contributed by atoms with van der Waals surface area (Å²) in [6, 6.07) is -0.444. The maximum Gasteiger partial charge on any atom is 0.407 e. The van der Waals surface area contributed by atoms with E-state index in [1.807, 2.05) is 0 Å². The highest BCUT2D eigenvalue weighted by molar-refractivity contribution is 5.73. The van der Waals surface area contributed by atoms with E-state index in [-0.39, 0.29) is 5.92 Å². The van der Waals surface area contributed by atoms with Crippen LogP contribution in [0.2, 0.25) is 0 Å². The van der Waals surface area contributed by atoms with Crippen LogP contribution in [0.4, 0.5) is 4.79 Å². The van der Waals surface area contributed by atoms with Gasteiger partial charge in [-0.2, -0.15) is 0 Å². The second-order valence-corrected chi connectivity index (χ2v) is 3.53. The van der Waals surface area contributed by atoms with Crippen molar-refractivity contribution in [2.24, 2.45) is 11.8 Å².